The Morgan fingerprint density at radius 1 is 1.50 bits per heavy atom. The molecular formula is C11H15ClN4O2. The van der Waals surface area contributed by atoms with Crippen molar-refractivity contribution in [2.75, 3.05) is 18.9 Å². The van der Waals surface area contributed by atoms with Crippen LogP contribution in [-0.4, -0.2) is 35.6 Å². The number of hydrogen-bond acceptors (Lipinski definition) is 3. The van der Waals surface area contributed by atoms with Crippen LogP contribution in [0.3, 0.4) is 0 Å². The number of rotatable bonds is 4. The molecule has 0 aliphatic rings. The number of halogens is 1. The summed E-state index contributed by atoms with van der Waals surface area (Å²) < 4.78 is 0. The molecule has 98 valence electrons. The van der Waals surface area contributed by atoms with Gasteiger partial charge in [-0.3, -0.25) is 0 Å². The first-order valence-corrected chi connectivity index (χ1v) is 5.65. The lowest BCUT2D eigenvalue weighted by molar-refractivity contribution is 0.223. The van der Waals surface area contributed by atoms with Gasteiger partial charge in [0.25, 0.3) is 0 Å². The molecule has 0 atom stereocenters. The Labute approximate surface area is 110 Å². The summed E-state index contributed by atoms with van der Waals surface area (Å²) in [6.45, 7) is 0.356. The number of nitrogens with two attached hydrogens (primary N) is 1. The lowest BCUT2D eigenvalue weighted by atomic mass is 10.3. The summed E-state index contributed by atoms with van der Waals surface area (Å²) in [7, 11) is 1.62. The molecule has 7 heteroatoms. The molecular weight excluding hydrogens is 256 g/mol. The number of hydrogen-bond donors (Lipinski definition) is 3. The summed E-state index contributed by atoms with van der Waals surface area (Å²) in [5.41, 5.74) is 5.97. The van der Waals surface area contributed by atoms with E-state index in [1.807, 2.05) is 0 Å². The highest BCUT2D eigenvalue weighted by atomic mass is 35.5. The molecule has 0 spiro atoms. The number of benzene rings is 1. The molecule has 0 saturated heterocycles. The summed E-state index contributed by atoms with van der Waals surface area (Å²) in [5.74, 6) is 0.0844. The first kappa shape index (κ1) is 14.1. The van der Waals surface area contributed by atoms with Crippen LogP contribution >= 0.6 is 11.6 Å². The van der Waals surface area contributed by atoms with Crippen LogP contribution in [-0.2, 0) is 0 Å². The van der Waals surface area contributed by atoms with E-state index in [1.54, 1.807) is 31.3 Å². The maximum atomic E-state index is 11.7. The van der Waals surface area contributed by atoms with Crippen molar-refractivity contribution in [1.82, 2.24) is 4.90 Å². The van der Waals surface area contributed by atoms with Crippen LogP contribution in [0.2, 0.25) is 5.02 Å². The zero-order valence-electron chi connectivity index (χ0n) is 9.93. The molecule has 4 N–H and O–H groups in total. The van der Waals surface area contributed by atoms with Gasteiger partial charge in [0.1, 0.15) is 5.84 Å². The molecule has 0 saturated carbocycles. The number of carbonyl (C=O) groups excluding carboxylic acids is 1. The van der Waals surface area contributed by atoms with E-state index in [-0.39, 0.29) is 11.9 Å². The van der Waals surface area contributed by atoms with E-state index in [0.29, 0.717) is 23.7 Å². The van der Waals surface area contributed by atoms with Crippen LogP contribution in [0.25, 0.3) is 0 Å². The fraction of sp³-hybridized carbons (Fsp3) is 0.273. The molecule has 18 heavy (non-hydrogen) atoms. The van der Waals surface area contributed by atoms with Crippen LogP contribution in [0.4, 0.5) is 10.5 Å². The van der Waals surface area contributed by atoms with Gasteiger partial charge in [-0.2, -0.15) is 0 Å². The Morgan fingerprint density at radius 2 is 2.11 bits per heavy atom. The Hall–Kier alpha value is -1.95. The third-order valence-electron chi connectivity index (χ3n) is 2.27. The van der Waals surface area contributed by atoms with Crippen LogP contribution in [0.15, 0.2) is 29.4 Å². The second-order valence-corrected chi connectivity index (χ2v) is 4.14. The van der Waals surface area contributed by atoms with Crippen molar-refractivity contribution in [2.24, 2.45) is 10.9 Å². The number of amidine groups is 1. The van der Waals surface area contributed by atoms with Crippen LogP contribution in [0.1, 0.15) is 6.42 Å². The van der Waals surface area contributed by atoms with Gasteiger partial charge in [-0.15, -0.1) is 0 Å². The van der Waals surface area contributed by atoms with Gasteiger partial charge in [-0.1, -0.05) is 16.8 Å². The molecule has 0 aliphatic heterocycles. The molecule has 1 aromatic carbocycles. The standard InChI is InChI=1S/C11H15ClN4O2/c1-16(7-6-10(13)15-18)11(17)14-9-4-2-8(12)3-5-9/h2-5,18H,6-7H2,1H3,(H2,13,15)(H,14,17). The minimum absolute atomic E-state index is 0.0844. The van der Waals surface area contributed by atoms with Crippen molar-refractivity contribution >= 4 is 29.2 Å². The number of amides is 2. The Morgan fingerprint density at radius 3 is 2.67 bits per heavy atom. The summed E-state index contributed by atoms with van der Waals surface area (Å²) >= 11 is 5.74. The predicted molar refractivity (Wildman–Crippen MR) is 71.1 cm³/mol. The van der Waals surface area contributed by atoms with Gasteiger partial charge < -0.3 is 21.2 Å². The van der Waals surface area contributed by atoms with E-state index >= 15 is 0 Å². The smallest absolute Gasteiger partial charge is 0.321 e. The molecule has 0 aromatic heterocycles. The molecule has 0 aliphatic carbocycles. The van der Waals surface area contributed by atoms with Crippen molar-refractivity contribution in [2.45, 2.75) is 6.42 Å². The Balaban J connectivity index is 2.47. The monoisotopic (exact) mass is 270 g/mol. The molecule has 1 rings (SSSR count). The Bertz CT molecular complexity index is 433. The highest BCUT2D eigenvalue weighted by Gasteiger charge is 2.09. The molecule has 0 fully saturated rings. The summed E-state index contributed by atoms with van der Waals surface area (Å²) in [4.78, 5) is 13.2. The van der Waals surface area contributed by atoms with E-state index < -0.39 is 0 Å². The van der Waals surface area contributed by atoms with Gasteiger partial charge in [0.2, 0.25) is 0 Å². The first-order valence-electron chi connectivity index (χ1n) is 5.27. The molecule has 0 bridgehead atoms. The number of nitrogens with one attached hydrogen (secondary N) is 1. The fourth-order valence-corrected chi connectivity index (χ4v) is 1.31. The largest absolute Gasteiger partial charge is 0.409 e. The zero-order chi connectivity index (χ0) is 13.5. The Kier molecular flexibility index (Phi) is 5.26. The topological polar surface area (TPSA) is 90.9 Å². The maximum Gasteiger partial charge on any atom is 0.321 e. The van der Waals surface area contributed by atoms with Gasteiger partial charge in [-0.25, -0.2) is 4.79 Å². The highest BCUT2D eigenvalue weighted by molar-refractivity contribution is 6.30. The number of anilines is 1. The van der Waals surface area contributed by atoms with E-state index in [2.05, 4.69) is 10.5 Å². The lowest BCUT2D eigenvalue weighted by Gasteiger charge is -2.17. The quantitative estimate of drug-likeness (QED) is 0.338. The average Bonchev–Trinajstić information content (AvgIpc) is 2.38. The predicted octanol–water partition coefficient (Wildman–Crippen LogP) is 1.94. The van der Waals surface area contributed by atoms with Gasteiger partial charge in [0.15, 0.2) is 0 Å². The average molecular weight is 271 g/mol. The highest BCUT2D eigenvalue weighted by Crippen LogP contribution is 2.13. The fourth-order valence-electron chi connectivity index (χ4n) is 1.19. The van der Waals surface area contributed by atoms with E-state index in [0.717, 1.165) is 0 Å². The molecule has 2 amide bonds. The third kappa shape index (κ3) is 4.50. The van der Waals surface area contributed by atoms with E-state index in [9.17, 15) is 4.79 Å². The van der Waals surface area contributed by atoms with Crippen molar-refractivity contribution < 1.29 is 10.0 Å². The van der Waals surface area contributed by atoms with Crippen LogP contribution in [0, 0.1) is 0 Å². The number of carbonyl (C=O) groups is 1. The van der Waals surface area contributed by atoms with Gasteiger partial charge in [0.05, 0.1) is 0 Å². The van der Waals surface area contributed by atoms with Gasteiger partial charge in [0, 0.05) is 30.7 Å². The number of urea groups is 1. The van der Waals surface area contributed by atoms with Gasteiger partial charge in [-0.05, 0) is 24.3 Å². The summed E-state index contributed by atoms with van der Waals surface area (Å²) in [5, 5.41) is 14.5. The molecule has 0 radical (unpaired) electrons. The number of oxime groups is 1. The molecule has 1 aromatic rings. The lowest BCUT2D eigenvalue weighted by Crippen LogP contribution is -2.34. The van der Waals surface area contributed by atoms with E-state index in [4.69, 9.17) is 22.5 Å². The molecule has 6 nitrogen and oxygen atoms in total. The zero-order valence-corrected chi connectivity index (χ0v) is 10.7. The molecule has 0 heterocycles. The van der Waals surface area contributed by atoms with Gasteiger partial charge >= 0.3 is 6.03 Å². The minimum Gasteiger partial charge on any atom is -0.409 e. The van der Waals surface area contributed by atoms with E-state index in [1.165, 1.54) is 4.90 Å². The van der Waals surface area contributed by atoms with Crippen molar-refractivity contribution in [1.29, 1.82) is 0 Å². The number of nitrogens with zero attached hydrogens (tertiary/aromatic N) is 2. The van der Waals surface area contributed by atoms with Crippen molar-refractivity contribution in [3.05, 3.63) is 29.3 Å². The maximum absolute atomic E-state index is 11.7. The van der Waals surface area contributed by atoms with Crippen molar-refractivity contribution in [3.8, 4) is 0 Å². The van der Waals surface area contributed by atoms with Crippen molar-refractivity contribution in [3.63, 3.8) is 0 Å². The third-order valence-corrected chi connectivity index (χ3v) is 2.53. The first-order chi connectivity index (χ1) is 8.52. The van der Waals surface area contributed by atoms with Crippen LogP contribution in [0.5, 0.6) is 0 Å². The second-order valence-electron chi connectivity index (χ2n) is 3.70. The molecule has 0 unspecified atom stereocenters. The minimum atomic E-state index is -0.275. The SMILES string of the molecule is CN(CC/C(N)=N/O)C(=O)Nc1ccc(Cl)cc1. The summed E-state index contributed by atoms with van der Waals surface area (Å²) in [6.07, 6.45) is 0.307. The summed E-state index contributed by atoms with van der Waals surface area (Å²) in [6, 6.07) is 6.51. The second kappa shape index (κ2) is 6.70. The normalized spacial score (nSPS) is 11.1. The van der Waals surface area contributed by atoms with Crippen LogP contribution < -0.4 is 11.1 Å².